The molecule has 7 heteroatoms. The van der Waals surface area contributed by atoms with Gasteiger partial charge in [-0.1, -0.05) is 17.7 Å². The molecule has 112 valence electrons. The van der Waals surface area contributed by atoms with Crippen molar-refractivity contribution in [2.24, 2.45) is 0 Å². The number of hydrogen-bond donors (Lipinski definition) is 2. The van der Waals surface area contributed by atoms with Crippen LogP contribution >= 0.6 is 11.6 Å². The van der Waals surface area contributed by atoms with Crippen LogP contribution in [0.1, 0.15) is 5.56 Å². The van der Waals surface area contributed by atoms with Crippen LogP contribution in [0.4, 0.5) is 5.69 Å². The van der Waals surface area contributed by atoms with E-state index in [9.17, 15) is 13.5 Å². The monoisotopic (exact) mass is 327 g/mol. The Morgan fingerprint density at radius 2 is 1.90 bits per heavy atom. The minimum atomic E-state index is -3.91. The molecular weight excluding hydrogens is 314 g/mol. The van der Waals surface area contributed by atoms with Gasteiger partial charge in [0.2, 0.25) is 0 Å². The lowest BCUT2D eigenvalue weighted by Crippen LogP contribution is -2.14. The predicted molar refractivity (Wildman–Crippen MR) is 81.7 cm³/mol. The van der Waals surface area contributed by atoms with Gasteiger partial charge >= 0.3 is 0 Å². The molecule has 0 atom stereocenters. The zero-order valence-corrected chi connectivity index (χ0v) is 13.0. The summed E-state index contributed by atoms with van der Waals surface area (Å²) in [6.45, 7) is 1.77. The van der Waals surface area contributed by atoms with Gasteiger partial charge in [-0.05, 0) is 42.8 Å². The number of nitrogens with one attached hydrogen (secondary N) is 1. The third kappa shape index (κ3) is 3.40. The summed E-state index contributed by atoms with van der Waals surface area (Å²) in [4.78, 5) is -0.00984. The molecule has 2 N–H and O–H groups in total. The summed E-state index contributed by atoms with van der Waals surface area (Å²) in [7, 11) is -2.52. The number of phenolic OH excluding ortho intramolecular Hbond substituents is 1. The second-order valence-corrected chi connectivity index (χ2v) is 6.51. The third-order valence-electron chi connectivity index (χ3n) is 2.81. The van der Waals surface area contributed by atoms with Gasteiger partial charge in [0.05, 0.1) is 12.8 Å². The molecule has 5 nitrogen and oxygen atoms in total. The van der Waals surface area contributed by atoms with Gasteiger partial charge in [-0.15, -0.1) is 0 Å². The fraction of sp³-hybridized carbons (Fsp3) is 0.143. The van der Waals surface area contributed by atoms with Gasteiger partial charge in [0.25, 0.3) is 10.0 Å². The first kappa shape index (κ1) is 15.5. The molecule has 0 aliphatic carbocycles. The van der Waals surface area contributed by atoms with Crippen molar-refractivity contribution >= 4 is 27.3 Å². The largest absolute Gasteiger partial charge is 0.506 e. The molecule has 0 amide bonds. The first-order valence-electron chi connectivity index (χ1n) is 5.99. The second kappa shape index (κ2) is 5.83. The fourth-order valence-corrected chi connectivity index (χ4v) is 3.28. The summed E-state index contributed by atoms with van der Waals surface area (Å²) in [6.07, 6.45) is 0. The van der Waals surface area contributed by atoms with Gasteiger partial charge in [0.15, 0.2) is 0 Å². The van der Waals surface area contributed by atoms with E-state index >= 15 is 0 Å². The van der Waals surface area contributed by atoms with E-state index in [0.29, 0.717) is 5.02 Å². The normalized spacial score (nSPS) is 11.2. The number of rotatable bonds is 4. The molecule has 21 heavy (non-hydrogen) atoms. The van der Waals surface area contributed by atoms with Crippen molar-refractivity contribution < 1.29 is 18.3 Å². The van der Waals surface area contributed by atoms with Crippen molar-refractivity contribution in [1.29, 1.82) is 0 Å². The number of benzene rings is 2. The molecular formula is C14H14ClNO4S. The van der Waals surface area contributed by atoms with Gasteiger partial charge in [-0.25, -0.2) is 8.42 Å². The summed E-state index contributed by atoms with van der Waals surface area (Å²) in [5, 5.41) is 10.0. The lowest BCUT2D eigenvalue weighted by molar-refractivity contribution is 0.402. The van der Waals surface area contributed by atoms with Crippen LogP contribution in [0.15, 0.2) is 41.3 Å². The zero-order valence-electron chi connectivity index (χ0n) is 11.4. The molecule has 0 radical (unpaired) electrons. The van der Waals surface area contributed by atoms with Crippen LogP contribution in [0.5, 0.6) is 11.5 Å². The maximum absolute atomic E-state index is 12.5. The van der Waals surface area contributed by atoms with Crippen molar-refractivity contribution in [2.75, 3.05) is 11.8 Å². The Hall–Kier alpha value is -1.92. The Morgan fingerprint density at radius 3 is 2.57 bits per heavy atom. The smallest absolute Gasteiger partial charge is 0.265 e. The Morgan fingerprint density at radius 1 is 1.19 bits per heavy atom. The number of sulfonamides is 1. The van der Waals surface area contributed by atoms with Crippen LogP contribution in [-0.4, -0.2) is 20.6 Å². The van der Waals surface area contributed by atoms with Gasteiger partial charge in [0, 0.05) is 5.02 Å². The third-order valence-corrected chi connectivity index (χ3v) is 4.43. The van der Waals surface area contributed by atoms with Crippen LogP contribution in [0.3, 0.4) is 0 Å². The number of aryl methyl sites for hydroxylation is 1. The number of ether oxygens (including phenoxy) is 1. The van der Waals surface area contributed by atoms with Crippen molar-refractivity contribution in [3.8, 4) is 11.5 Å². The molecule has 0 saturated heterocycles. The molecule has 0 heterocycles. The van der Waals surface area contributed by atoms with Crippen molar-refractivity contribution in [2.45, 2.75) is 11.8 Å². The Kier molecular flexibility index (Phi) is 4.29. The van der Waals surface area contributed by atoms with Crippen LogP contribution in [0.25, 0.3) is 0 Å². The second-order valence-electron chi connectivity index (χ2n) is 4.42. The molecule has 0 spiro atoms. The summed E-state index contributed by atoms with van der Waals surface area (Å²) >= 11 is 5.80. The summed E-state index contributed by atoms with van der Waals surface area (Å²) < 4.78 is 32.3. The van der Waals surface area contributed by atoms with Gasteiger partial charge in [-0.2, -0.15) is 0 Å². The molecule has 0 fully saturated rings. The topological polar surface area (TPSA) is 75.6 Å². The average Bonchev–Trinajstić information content (AvgIpc) is 2.42. The lowest BCUT2D eigenvalue weighted by Gasteiger charge is -2.13. The summed E-state index contributed by atoms with van der Waals surface area (Å²) in [6, 6.07) is 8.91. The predicted octanol–water partition coefficient (Wildman–Crippen LogP) is 3.16. The first-order valence-corrected chi connectivity index (χ1v) is 7.85. The maximum Gasteiger partial charge on any atom is 0.265 e. The van der Waals surface area contributed by atoms with E-state index < -0.39 is 10.0 Å². The van der Waals surface area contributed by atoms with E-state index in [0.717, 1.165) is 5.56 Å². The van der Waals surface area contributed by atoms with Gasteiger partial charge in [-0.3, -0.25) is 4.72 Å². The number of methoxy groups -OCH3 is 1. The molecule has 0 bridgehead atoms. The standard InChI is InChI=1S/C14H14ClNO4S/c1-9-3-6-13(20-2)14(7-9)21(18,19)16-11-8-10(15)4-5-12(11)17/h3-8,16-17H,1-2H3. The minimum absolute atomic E-state index is 0.00561. The van der Waals surface area contributed by atoms with E-state index in [2.05, 4.69) is 4.72 Å². The summed E-state index contributed by atoms with van der Waals surface area (Å²) in [5.74, 6) is 0.00390. The number of phenols is 1. The molecule has 0 unspecified atom stereocenters. The van der Waals surface area contributed by atoms with Crippen LogP contribution in [-0.2, 0) is 10.0 Å². The minimum Gasteiger partial charge on any atom is -0.506 e. The molecule has 2 aromatic rings. The highest BCUT2D eigenvalue weighted by atomic mass is 35.5. The van der Waals surface area contributed by atoms with Crippen LogP contribution < -0.4 is 9.46 Å². The van der Waals surface area contributed by atoms with Crippen molar-refractivity contribution in [3.63, 3.8) is 0 Å². The van der Waals surface area contributed by atoms with E-state index in [4.69, 9.17) is 16.3 Å². The average molecular weight is 328 g/mol. The molecule has 2 aromatic carbocycles. The number of aromatic hydroxyl groups is 1. The first-order chi connectivity index (χ1) is 9.83. The molecule has 0 aromatic heterocycles. The SMILES string of the molecule is COc1ccc(C)cc1S(=O)(=O)Nc1cc(Cl)ccc1O. The Labute approximate surface area is 128 Å². The molecule has 0 saturated carbocycles. The van der Waals surface area contributed by atoms with E-state index in [1.165, 1.54) is 31.4 Å². The van der Waals surface area contributed by atoms with E-state index in [1.54, 1.807) is 19.1 Å². The van der Waals surface area contributed by atoms with E-state index in [1.807, 2.05) is 0 Å². The highest BCUT2D eigenvalue weighted by molar-refractivity contribution is 7.92. The maximum atomic E-state index is 12.5. The highest BCUT2D eigenvalue weighted by Gasteiger charge is 2.21. The van der Waals surface area contributed by atoms with Gasteiger partial charge in [0.1, 0.15) is 16.4 Å². The number of anilines is 1. The number of hydrogen-bond acceptors (Lipinski definition) is 4. The Balaban J connectivity index is 2.48. The summed E-state index contributed by atoms with van der Waals surface area (Å²) in [5.41, 5.74) is 0.776. The van der Waals surface area contributed by atoms with Crippen molar-refractivity contribution in [3.05, 3.63) is 47.0 Å². The lowest BCUT2D eigenvalue weighted by atomic mass is 10.2. The van der Waals surface area contributed by atoms with Gasteiger partial charge < -0.3 is 9.84 Å². The molecule has 0 aliphatic heterocycles. The number of halogens is 1. The van der Waals surface area contributed by atoms with Crippen LogP contribution in [0, 0.1) is 6.92 Å². The van der Waals surface area contributed by atoms with Crippen molar-refractivity contribution in [1.82, 2.24) is 0 Å². The van der Waals surface area contributed by atoms with Crippen LogP contribution in [0.2, 0.25) is 5.02 Å². The fourth-order valence-electron chi connectivity index (χ4n) is 1.78. The van der Waals surface area contributed by atoms with E-state index in [-0.39, 0.29) is 22.1 Å². The molecule has 2 rings (SSSR count). The highest BCUT2D eigenvalue weighted by Crippen LogP contribution is 2.31. The Bertz CT molecular complexity index is 775. The quantitative estimate of drug-likeness (QED) is 0.846. The zero-order chi connectivity index (χ0) is 15.6. The molecule has 0 aliphatic rings.